The lowest BCUT2D eigenvalue weighted by molar-refractivity contribution is 0.100. The third kappa shape index (κ3) is 3.64. The summed E-state index contributed by atoms with van der Waals surface area (Å²) in [6.45, 7) is 3.37. The number of amides is 1. The SMILES string of the molecule is COc1ccc(-n2nc(C(=O)Nc3cccc(C(C)=O)c3)cc2C)cc1. The van der Waals surface area contributed by atoms with E-state index >= 15 is 0 Å². The summed E-state index contributed by atoms with van der Waals surface area (Å²) in [5, 5.41) is 7.16. The molecule has 132 valence electrons. The van der Waals surface area contributed by atoms with Crippen LogP contribution in [0.3, 0.4) is 0 Å². The fourth-order valence-electron chi connectivity index (χ4n) is 2.58. The molecule has 0 aliphatic heterocycles. The normalized spacial score (nSPS) is 10.4. The van der Waals surface area contributed by atoms with E-state index in [9.17, 15) is 9.59 Å². The van der Waals surface area contributed by atoms with Crippen molar-refractivity contribution >= 4 is 17.4 Å². The standard InChI is InChI=1S/C20H19N3O3/c1-13-11-19(22-23(13)17-7-9-18(26-3)10-8-17)20(25)21-16-6-4-5-15(12-16)14(2)24/h4-12H,1-3H3,(H,21,25). The Balaban J connectivity index is 1.82. The average molecular weight is 349 g/mol. The largest absolute Gasteiger partial charge is 0.497 e. The molecule has 6 nitrogen and oxygen atoms in total. The number of nitrogens with zero attached hydrogens (tertiary/aromatic N) is 2. The Morgan fingerprint density at radius 1 is 1.08 bits per heavy atom. The molecule has 1 heterocycles. The highest BCUT2D eigenvalue weighted by molar-refractivity contribution is 6.04. The molecule has 0 radical (unpaired) electrons. The van der Waals surface area contributed by atoms with Gasteiger partial charge < -0.3 is 10.1 Å². The second kappa shape index (κ2) is 7.23. The Morgan fingerprint density at radius 3 is 2.46 bits per heavy atom. The topological polar surface area (TPSA) is 73.2 Å². The molecule has 0 saturated carbocycles. The molecule has 0 aliphatic carbocycles. The van der Waals surface area contributed by atoms with E-state index in [0.29, 0.717) is 16.9 Å². The van der Waals surface area contributed by atoms with E-state index in [1.54, 1.807) is 42.1 Å². The predicted octanol–water partition coefficient (Wildman–Crippen LogP) is 3.64. The van der Waals surface area contributed by atoms with Crippen LogP contribution in [-0.4, -0.2) is 28.6 Å². The van der Waals surface area contributed by atoms with E-state index in [2.05, 4.69) is 10.4 Å². The Labute approximate surface area is 151 Å². The highest BCUT2D eigenvalue weighted by atomic mass is 16.5. The van der Waals surface area contributed by atoms with Gasteiger partial charge in [-0.2, -0.15) is 5.10 Å². The zero-order valence-electron chi connectivity index (χ0n) is 14.8. The lowest BCUT2D eigenvalue weighted by Gasteiger charge is -2.06. The first-order valence-electron chi connectivity index (χ1n) is 8.11. The maximum absolute atomic E-state index is 12.5. The van der Waals surface area contributed by atoms with E-state index in [1.807, 2.05) is 31.2 Å². The minimum Gasteiger partial charge on any atom is -0.497 e. The molecule has 0 spiro atoms. The zero-order chi connectivity index (χ0) is 18.7. The van der Waals surface area contributed by atoms with Gasteiger partial charge in [-0.3, -0.25) is 9.59 Å². The van der Waals surface area contributed by atoms with Crippen LogP contribution in [-0.2, 0) is 0 Å². The summed E-state index contributed by atoms with van der Waals surface area (Å²) < 4.78 is 6.85. The number of aromatic nitrogens is 2. The molecule has 2 aromatic carbocycles. The van der Waals surface area contributed by atoms with Crippen LogP contribution in [0, 0.1) is 6.92 Å². The van der Waals surface area contributed by atoms with Crippen molar-refractivity contribution in [2.24, 2.45) is 0 Å². The van der Waals surface area contributed by atoms with Gasteiger partial charge in [0.2, 0.25) is 0 Å². The molecular formula is C20H19N3O3. The first kappa shape index (κ1) is 17.4. The number of ketones is 1. The van der Waals surface area contributed by atoms with Crippen LogP contribution in [0.2, 0.25) is 0 Å². The van der Waals surface area contributed by atoms with Gasteiger partial charge in [0.05, 0.1) is 12.8 Å². The third-order valence-corrected chi connectivity index (χ3v) is 3.96. The number of carbonyl (C=O) groups is 2. The molecule has 1 aromatic heterocycles. The number of nitrogens with one attached hydrogen (secondary N) is 1. The number of ether oxygens (including phenoxy) is 1. The van der Waals surface area contributed by atoms with Crippen LogP contribution in [0.25, 0.3) is 5.69 Å². The van der Waals surface area contributed by atoms with Crippen LogP contribution < -0.4 is 10.1 Å². The van der Waals surface area contributed by atoms with Crippen LogP contribution in [0.4, 0.5) is 5.69 Å². The molecule has 3 aromatic rings. The molecule has 1 amide bonds. The van der Waals surface area contributed by atoms with Gasteiger partial charge in [0.15, 0.2) is 11.5 Å². The van der Waals surface area contributed by atoms with Gasteiger partial charge in [0, 0.05) is 16.9 Å². The highest BCUT2D eigenvalue weighted by Gasteiger charge is 2.14. The fourth-order valence-corrected chi connectivity index (χ4v) is 2.58. The van der Waals surface area contributed by atoms with E-state index in [1.165, 1.54) is 6.92 Å². The summed E-state index contributed by atoms with van der Waals surface area (Å²) in [6, 6.07) is 16.0. The number of aryl methyl sites for hydroxylation is 1. The summed E-state index contributed by atoms with van der Waals surface area (Å²) >= 11 is 0. The Hall–Kier alpha value is -3.41. The first-order valence-corrected chi connectivity index (χ1v) is 8.11. The van der Waals surface area contributed by atoms with Gasteiger partial charge in [0.25, 0.3) is 5.91 Å². The van der Waals surface area contributed by atoms with Gasteiger partial charge in [-0.25, -0.2) is 4.68 Å². The van der Waals surface area contributed by atoms with Gasteiger partial charge in [-0.1, -0.05) is 12.1 Å². The van der Waals surface area contributed by atoms with Crippen molar-refractivity contribution in [2.75, 3.05) is 12.4 Å². The third-order valence-electron chi connectivity index (χ3n) is 3.96. The van der Waals surface area contributed by atoms with E-state index in [0.717, 1.165) is 17.1 Å². The average Bonchev–Trinajstić information content (AvgIpc) is 3.04. The molecule has 0 fully saturated rings. The quantitative estimate of drug-likeness (QED) is 0.714. The number of rotatable bonds is 5. The summed E-state index contributed by atoms with van der Waals surface area (Å²) in [6.07, 6.45) is 0. The van der Waals surface area contributed by atoms with Crippen molar-refractivity contribution in [3.63, 3.8) is 0 Å². The number of Topliss-reactive ketones (excluding diaryl/α,β-unsaturated/α-hetero) is 1. The first-order chi connectivity index (χ1) is 12.5. The summed E-state index contributed by atoms with van der Waals surface area (Å²) in [4.78, 5) is 24.0. The molecule has 6 heteroatoms. The minimum absolute atomic E-state index is 0.0549. The van der Waals surface area contributed by atoms with Crippen LogP contribution in [0.1, 0.15) is 33.5 Å². The number of carbonyl (C=O) groups excluding carboxylic acids is 2. The molecule has 0 aliphatic rings. The number of benzene rings is 2. The molecule has 0 bridgehead atoms. The molecule has 0 unspecified atom stereocenters. The maximum Gasteiger partial charge on any atom is 0.276 e. The van der Waals surface area contributed by atoms with E-state index in [4.69, 9.17) is 4.74 Å². The number of hydrogen-bond acceptors (Lipinski definition) is 4. The predicted molar refractivity (Wildman–Crippen MR) is 99.3 cm³/mol. The second-order valence-electron chi connectivity index (χ2n) is 5.87. The molecule has 3 rings (SSSR count). The van der Waals surface area contributed by atoms with Crippen molar-refractivity contribution in [3.05, 3.63) is 71.5 Å². The van der Waals surface area contributed by atoms with Crippen molar-refractivity contribution in [3.8, 4) is 11.4 Å². The maximum atomic E-state index is 12.5. The number of hydrogen-bond donors (Lipinski definition) is 1. The van der Waals surface area contributed by atoms with Gasteiger partial charge in [0.1, 0.15) is 5.75 Å². The van der Waals surface area contributed by atoms with E-state index in [-0.39, 0.29) is 11.7 Å². The smallest absolute Gasteiger partial charge is 0.276 e. The lowest BCUT2D eigenvalue weighted by atomic mass is 10.1. The summed E-state index contributed by atoms with van der Waals surface area (Å²) in [5.41, 5.74) is 3.06. The molecular weight excluding hydrogens is 330 g/mol. The minimum atomic E-state index is -0.332. The molecule has 0 saturated heterocycles. The molecule has 26 heavy (non-hydrogen) atoms. The van der Waals surface area contributed by atoms with Crippen LogP contribution in [0.5, 0.6) is 5.75 Å². The number of anilines is 1. The van der Waals surface area contributed by atoms with E-state index < -0.39 is 0 Å². The van der Waals surface area contributed by atoms with Gasteiger partial charge in [-0.05, 0) is 56.3 Å². The molecule has 1 N–H and O–H groups in total. The van der Waals surface area contributed by atoms with Crippen molar-refractivity contribution in [1.82, 2.24) is 9.78 Å². The molecule has 0 atom stereocenters. The Bertz CT molecular complexity index is 959. The second-order valence-corrected chi connectivity index (χ2v) is 5.87. The highest BCUT2D eigenvalue weighted by Crippen LogP contribution is 2.18. The number of methoxy groups -OCH3 is 1. The summed E-state index contributed by atoms with van der Waals surface area (Å²) in [5.74, 6) is 0.365. The van der Waals surface area contributed by atoms with Crippen molar-refractivity contribution in [2.45, 2.75) is 13.8 Å². The van der Waals surface area contributed by atoms with Crippen LogP contribution in [0.15, 0.2) is 54.6 Å². The monoisotopic (exact) mass is 349 g/mol. The van der Waals surface area contributed by atoms with Crippen molar-refractivity contribution in [1.29, 1.82) is 0 Å². The van der Waals surface area contributed by atoms with Gasteiger partial charge in [-0.15, -0.1) is 0 Å². The lowest BCUT2D eigenvalue weighted by Crippen LogP contribution is -2.13. The van der Waals surface area contributed by atoms with Crippen molar-refractivity contribution < 1.29 is 14.3 Å². The Morgan fingerprint density at radius 2 is 1.81 bits per heavy atom. The van der Waals surface area contributed by atoms with Gasteiger partial charge >= 0.3 is 0 Å². The Kier molecular flexibility index (Phi) is 4.84. The summed E-state index contributed by atoms with van der Waals surface area (Å²) in [7, 11) is 1.61. The van der Waals surface area contributed by atoms with Crippen LogP contribution >= 0.6 is 0 Å². The fraction of sp³-hybridized carbons (Fsp3) is 0.150. The zero-order valence-corrected chi connectivity index (χ0v) is 14.8.